The number of carbonyl (C=O) groups is 2. The molecular formula is C16H20ClN3O4. The largest absolute Gasteiger partial charge is 0.465 e. The van der Waals surface area contributed by atoms with Crippen molar-refractivity contribution in [2.75, 3.05) is 19.6 Å². The van der Waals surface area contributed by atoms with E-state index in [9.17, 15) is 14.7 Å². The normalized spacial score (nSPS) is 15.6. The van der Waals surface area contributed by atoms with Crippen LogP contribution in [0.25, 0.3) is 5.57 Å². The Bertz CT molecular complexity index is 663. The standard InChI is InChI=1S/C16H20ClN3O4/c1-10(21)18-9-13(22)6-11-7-14(17)15(19-8-11)12-2-4-20(5-3-12)16(23)24/h2,7-8,13,22H,3-6,9H2,1H3,(H,18,21)(H,23,24)/t13-/m1/s1. The number of nitrogens with zero attached hydrogens (tertiary/aromatic N) is 2. The summed E-state index contributed by atoms with van der Waals surface area (Å²) in [5.41, 5.74) is 2.33. The van der Waals surface area contributed by atoms with Crippen molar-refractivity contribution in [3.05, 3.63) is 34.6 Å². The van der Waals surface area contributed by atoms with Crippen molar-refractivity contribution in [3.63, 3.8) is 0 Å². The van der Waals surface area contributed by atoms with Gasteiger partial charge in [0.25, 0.3) is 0 Å². The Morgan fingerprint density at radius 1 is 1.50 bits per heavy atom. The lowest BCUT2D eigenvalue weighted by molar-refractivity contribution is -0.119. The fourth-order valence-corrected chi connectivity index (χ4v) is 2.80. The molecular weight excluding hydrogens is 334 g/mol. The van der Waals surface area contributed by atoms with Crippen LogP contribution in [-0.4, -0.2) is 57.8 Å². The second-order valence-corrected chi connectivity index (χ2v) is 6.08. The van der Waals surface area contributed by atoms with Crippen LogP contribution in [-0.2, 0) is 11.2 Å². The van der Waals surface area contributed by atoms with E-state index in [-0.39, 0.29) is 12.5 Å². The maximum Gasteiger partial charge on any atom is 0.407 e. The fraction of sp³-hybridized carbons (Fsp3) is 0.438. The molecule has 7 nitrogen and oxygen atoms in total. The highest BCUT2D eigenvalue weighted by Gasteiger charge is 2.19. The molecule has 8 heteroatoms. The molecule has 2 rings (SSSR count). The Balaban J connectivity index is 2.02. The summed E-state index contributed by atoms with van der Waals surface area (Å²) in [7, 11) is 0. The predicted molar refractivity (Wildman–Crippen MR) is 89.8 cm³/mol. The van der Waals surface area contributed by atoms with Gasteiger partial charge in [-0.3, -0.25) is 9.78 Å². The highest BCUT2D eigenvalue weighted by atomic mass is 35.5. The van der Waals surface area contributed by atoms with Gasteiger partial charge in [0.2, 0.25) is 5.91 Å². The first-order chi connectivity index (χ1) is 11.4. The first-order valence-electron chi connectivity index (χ1n) is 7.61. The van der Waals surface area contributed by atoms with Crippen LogP contribution in [0.4, 0.5) is 4.79 Å². The van der Waals surface area contributed by atoms with E-state index in [1.54, 1.807) is 12.3 Å². The van der Waals surface area contributed by atoms with Crippen molar-refractivity contribution in [1.29, 1.82) is 0 Å². The quantitative estimate of drug-likeness (QED) is 0.745. The molecule has 0 saturated carbocycles. The molecule has 0 unspecified atom stereocenters. The van der Waals surface area contributed by atoms with Crippen molar-refractivity contribution in [3.8, 4) is 0 Å². The number of aliphatic hydroxyl groups is 1. The number of nitrogens with one attached hydrogen (secondary N) is 1. The lowest BCUT2D eigenvalue weighted by Gasteiger charge is -2.23. The third-order valence-corrected chi connectivity index (χ3v) is 4.03. The molecule has 0 bridgehead atoms. The highest BCUT2D eigenvalue weighted by Crippen LogP contribution is 2.27. The minimum Gasteiger partial charge on any atom is -0.465 e. The van der Waals surface area contributed by atoms with Crippen LogP contribution in [0, 0.1) is 0 Å². The van der Waals surface area contributed by atoms with Crippen LogP contribution >= 0.6 is 11.6 Å². The van der Waals surface area contributed by atoms with E-state index in [4.69, 9.17) is 16.7 Å². The average molecular weight is 354 g/mol. The summed E-state index contributed by atoms with van der Waals surface area (Å²) in [6, 6.07) is 1.74. The van der Waals surface area contributed by atoms with Gasteiger partial charge in [-0.15, -0.1) is 0 Å². The number of hydrogen-bond donors (Lipinski definition) is 3. The van der Waals surface area contributed by atoms with Crippen molar-refractivity contribution in [2.45, 2.75) is 25.9 Å². The molecule has 3 N–H and O–H groups in total. The molecule has 0 aromatic carbocycles. The summed E-state index contributed by atoms with van der Waals surface area (Å²) in [5, 5.41) is 21.9. The first kappa shape index (κ1) is 18.2. The average Bonchev–Trinajstić information content (AvgIpc) is 2.53. The Hall–Kier alpha value is -2.12. The van der Waals surface area contributed by atoms with Crippen LogP contribution in [0.2, 0.25) is 5.02 Å². The molecule has 1 atom stereocenters. The van der Waals surface area contributed by atoms with Gasteiger partial charge in [-0.1, -0.05) is 17.7 Å². The van der Waals surface area contributed by atoms with E-state index in [1.165, 1.54) is 11.8 Å². The second kappa shape index (κ2) is 8.12. The number of amides is 2. The van der Waals surface area contributed by atoms with E-state index in [2.05, 4.69) is 10.3 Å². The predicted octanol–water partition coefficient (Wildman–Crippen LogP) is 1.54. The maximum absolute atomic E-state index is 10.9. The van der Waals surface area contributed by atoms with Gasteiger partial charge in [0.05, 0.1) is 16.8 Å². The molecule has 130 valence electrons. The smallest absolute Gasteiger partial charge is 0.407 e. The third kappa shape index (κ3) is 4.94. The number of pyridine rings is 1. The molecule has 1 aliphatic heterocycles. The summed E-state index contributed by atoms with van der Waals surface area (Å²) in [6.07, 6.45) is 2.70. The van der Waals surface area contributed by atoms with Gasteiger partial charge in [-0.2, -0.15) is 0 Å². The monoisotopic (exact) mass is 353 g/mol. The lowest BCUT2D eigenvalue weighted by Crippen LogP contribution is -2.33. The minimum absolute atomic E-state index is 0.172. The van der Waals surface area contributed by atoms with Crippen LogP contribution in [0.1, 0.15) is 24.6 Å². The zero-order valence-corrected chi connectivity index (χ0v) is 14.1. The molecule has 0 fully saturated rings. The van der Waals surface area contributed by atoms with Crippen LogP contribution in [0.15, 0.2) is 18.3 Å². The Morgan fingerprint density at radius 2 is 2.25 bits per heavy atom. The summed E-state index contributed by atoms with van der Waals surface area (Å²) >= 11 is 6.29. The van der Waals surface area contributed by atoms with Gasteiger partial charge < -0.3 is 20.4 Å². The summed E-state index contributed by atoms with van der Waals surface area (Å²) in [6.45, 7) is 2.30. The van der Waals surface area contributed by atoms with Gasteiger partial charge in [0.1, 0.15) is 0 Å². The van der Waals surface area contributed by atoms with E-state index in [0.29, 0.717) is 36.6 Å². The van der Waals surface area contributed by atoms with Gasteiger partial charge >= 0.3 is 6.09 Å². The zero-order valence-electron chi connectivity index (χ0n) is 13.3. The van der Waals surface area contributed by atoms with Gasteiger partial charge in [-0.25, -0.2) is 4.79 Å². The summed E-state index contributed by atoms with van der Waals surface area (Å²) in [5.74, 6) is -0.194. The van der Waals surface area contributed by atoms with E-state index in [1.807, 2.05) is 6.08 Å². The van der Waals surface area contributed by atoms with Crippen molar-refractivity contribution >= 4 is 29.2 Å². The SMILES string of the molecule is CC(=O)NC[C@H](O)Cc1cnc(C2=CCN(C(=O)O)CC2)c(Cl)c1. The zero-order chi connectivity index (χ0) is 17.7. The Kier molecular flexibility index (Phi) is 6.16. The molecule has 0 aliphatic carbocycles. The van der Waals surface area contributed by atoms with Crippen LogP contribution in [0.5, 0.6) is 0 Å². The number of carbonyl (C=O) groups excluding carboxylic acids is 1. The number of aliphatic hydroxyl groups excluding tert-OH is 1. The fourth-order valence-electron chi connectivity index (χ4n) is 2.49. The molecule has 2 amide bonds. The topological polar surface area (TPSA) is 103 Å². The first-order valence-corrected chi connectivity index (χ1v) is 7.98. The number of halogens is 1. The lowest BCUT2D eigenvalue weighted by atomic mass is 10.0. The van der Waals surface area contributed by atoms with Gasteiger partial charge in [0.15, 0.2) is 0 Å². The molecule has 1 aromatic rings. The molecule has 0 radical (unpaired) electrons. The molecule has 2 heterocycles. The van der Waals surface area contributed by atoms with Crippen molar-refractivity contribution in [2.24, 2.45) is 0 Å². The van der Waals surface area contributed by atoms with E-state index < -0.39 is 12.2 Å². The van der Waals surface area contributed by atoms with Crippen molar-refractivity contribution in [1.82, 2.24) is 15.2 Å². The number of aromatic nitrogens is 1. The van der Waals surface area contributed by atoms with Crippen molar-refractivity contribution < 1.29 is 19.8 Å². The molecule has 1 aliphatic rings. The minimum atomic E-state index is -0.937. The second-order valence-electron chi connectivity index (χ2n) is 5.68. The number of rotatable bonds is 5. The molecule has 1 aromatic heterocycles. The number of hydrogen-bond acceptors (Lipinski definition) is 4. The summed E-state index contributed by atoms with van der Waals surface area (Å²) < 4.78 is 0. The third-order valence-electron chi connectivity index (χ3n) is 3.74. The Morgan fingerprint density at radius 3 is 2.79 bits per heavy atom. The van der Waals surface area contributed by atoms with Crippen LogP contribution < -0.4 is 5.32 Å². The molecule has 0 saturated heterocycles. The van der Waals surface area contributed by atoms with E-state index >= 15 is 0 Å². The number of carboxylic acid groups (broad SMARTS) is 1. The molecule has 24 heavy (non-hydrogen) atoms. The molecule has 0 spiro atoms. The van der Waals surface area contributed by atoms with Crippen LogP contribution in [0.3, 0.4) is 0 Å². The van der Waals surface area contributed by atoms with E-state index in [0.717, 1.165) is 11.1 Å². The Labute approximate surface area is 144 Å². The van der Waals surface area contributed by atoms with Gasteiger partial charge in [-0.05, 0) is 23.6 Å². The highest BCUT2D eigenvalue weighted by molar-refractivity contribution is 6.32. The van der Waals surface area contributed by atoms with Gasteiger partial charge in [0, 0.05) is 39.2 Å². The summed E-state index contributed by atoms with van der Waals surface area (Å²) in [4.78, 5) is 27.4. The maximum atomic E-state index is 10.9.